The van der Waals surface area contributed by atoms with Gasteiger partial charge in [0, 0.05) is 17.5 Å². The Balaban J connectivity index is 2.43. The molecule has 1 aromatic rings. The van der Waals surface area contributed by atoms with E-state index < -0.39 is 43.8 Å². The lowest BCUT2D eigenvalue weighted by molar-refractivity contribution is -0.145. The van der Waals surface area contributed by atoms with Gasteiger partial charge in [-0.3, -0.25) is 20.3 Å². The number of likely N-dealkylation sites (N-methyl/N-ethyl adjacent to an activating group) is 1. The second-order valence-electron chi connectivity index (χ2n) is 6.80. The number of carbonyl (C=O) groups excluding carboxylic acids is 2. The van der Waals surface area contributed by atoms with Crippen LogP contribution < -0.4 is 11.1 Å². The van der Waals surface area contributed by atoms with E-state index in [0.717, 1.165) is 19.3 Å². The van der Waals surface area contributed by atoms with Crippen molar-refractivity contribution in [3.63, 3.8) is 0 Å². The van der Waals surface area contributed by atoms with Gasteiger partial charge in [0.05, 0.1) is 0 Å². The molecule has 0 saturated heterocycles. The molecule has 1 aromatic heterocycles. The Morgan fingerprint density at radius 3 is 2.38 bits per heavy atom. The normalized spacial score (nSPS) is 12.6. The molecule has 9 heteroatoms. The molecule has 0 aliphatic heterocycles. The standard InChI is InChI=1S/C20H33N3O6/c1-4-5-6-7-8-9-10-11-12-17(24)22-19(21)23(3)13-18(25)27-14-16-15(2)28-20(26)29-16/h4-14H2,1-3H3,(H2,21,22,24)/i3D3. The fourth-order valence-electron chi connectivity index (χ4n) is 2.59. The zero-order chi connectivity index (χ0) is 24.1. The van der Waals surface area contributed by atoms with Crippen LogP contribution in [0, 0.1) is 12.3 Å². The molecule has 0 saturated carbocycles. The largest absolute Gasteiger partial charge is 0.519 e. The van der Waals surface area contributed by atoms with Gasteiger partial charge in [-0.05, 0) is 13.3 Å². The van der Waals surface area contributed by atoms with Crippen molar-refractivity contribution >= 4 is 17.8 Å². The summed E-state index contributed by atoms with van der Waals surface area (Å²) in [5, 5.41) is 10.1. The summed E-state index contributed by atoms with van der Waals surface area (Å²) in [6.07, 6.45) is 8.65. The van der Waals surface area contributed by atoms with Gasteiger partial charge in [-0.2, -0.15) is 0 Å². The van der Waals surface area contributed by atoms with Gasteiger partial charge in [-0.15, -0.1) is 0 Å². The molecule has 1 rings (SSSR count). The van der Waals surface area contributed by atoms with Crippen molar-refractivity contribution in [1.82, 2.24) is 10.2 Å². The van der Waals surface area contributed by atoms with E-state index in [2.05, 4.69) is 16.7 Å². The highest BCUT2D eigenvalue weighted by Crippen LogP contribution is 2.09. The minimum Gasteiger partial charge on any atom is -0.456 e. The molecule has 0 aliphatic carbocycles. The summed E-state index contributed by atoms with van der Waals surface area (Å²) in [6, 6.07) is 0. The smallest absolute Gasteiger partial charge is 0.456 e. The first-order valence-corrected chi connectivity index (χ1v) is 9.95. The van der Waals surface area contributed by atoms with Crippen LogP contribution in [0.15, 0.2) is 13.6 Å². The van der Waals surface area contributed by atoms with E-state index in [1.807, 2.05) is 0 Å². The molecule has 164 valence electrons. The lowest BCUT2D eigenvalue weighted by atomic mass is 10.1. The number of ether oxygens (including phenoxy) is 1. The van der Waals surface area contributed by atoms with Gasteiger partial charge < -0.3 is 18.5 Å². The predicted octanol–water partition coefficient (Wildman–Crippen LogP) is 3.10. The molecule has 0 aromatic carbocycles. The number of amides is 1. The van der Waals surface area contributed by atoms with E-state index in [1.54, 1.807) is 0 Å². The lowest BCUT2D eigenvalue weighted by Gasteiger charge is -2.19. The molecular formula is C20H33N3O6. The maximum Gasteiger partial charge on any atom is 0.519 e. The third-order valence-corrected chi connectivity index (χ3v) is 4.27. The number of hydrogen-bond acceptors (Lipinski definition) is 7. The number of carbonyl (C=O) groups is 2. The summed E-state index contributed by atoms with van der Waals surface area (Å²) in [6.45, 7) is -0.465. The van der Waals surface area contributed by atoms with E-state index in [1.165, 1.54) is 32.6 Å². The summed E-state index contributed by atoms with van der Waals surface area (Å²) in [7, 11) is 0. The van der Waals surface area contributed by atoms with Crippen molar-refractivity contribution in [1.29, 1.82) is 5.41 Å². The highest BCUT2D eigenvalue weighted by molar-refractivity contribution is 5.96. The Morgan fingerprint density at radius 2 is 1.79 bits per heavy atom. The van der Waals surface area contributed by atoms with Crippen LogP contribution in [0.3, 0.4) is 0 Å². The number of rotatable bonds is 13. The van der Waals surface area contributed by atoms with Gasteiger partial charge in [0.1, 0.15) is 6.54 Å². The highest BCUT2D eigenvalue weighted by atomic mass is 16.6. The van der Waals surface area contributed by atoms with Crippen molar-refractivity contribution in [3.05, 3.63) is 22.1 Å². The van der Waals surface area contributed by atoms with Gasteiger partial charge >= 0.3 is 11.8 Å². The third kappa shape index (κ3) is 10.5. The first kappa shape index (κ1) is 19.7. The van der Waals surface area contributed by atoms with Crippen LogP contribution in [-0.4, -0.2) is 36.3 Å². The number of nitrogens with zero attached hydrogens (tertiary/aromatic N) is 1. The first-order chi connectivity index (χ1) is 15.0. The average Bonchev–Trinajstić information content (AvgIpc) is 3.02. The monoisotopic (exact) mass is 414 g/mol. The van der Waals surface area contributed by atoms with Gasteiger partial charge in [0.25, 0.3) is 0 Å². The minimum absolute atomic E-state index is 0.00229. The van der Waals surface area contributed by atoms with Gasteiger partial charge in [-0.1, -0.05) is 51.9 Å². The fourth-order valence-corrected chi connectivity index (χ4v) is 2.59. The number of aryl methyl sites for hydroxylation is 1. The van der Waals surface area contributed by atoms with Crippen molar-refractivity contribution < 1.29 is 27.3 Å². The Kier molecular flexibility index (Phi) is 9.23. The summed E-state index contributed by atoms with van der Waals surface area (Å²) >= 11 is 0. The van der Waals surface area contributed by atoms with Crippen molar-refractivity contribution in [2.45, 2.75) is 78.2 Å². The maximum atomic E-state index is 12.1. The Morgan fingerprint density at radius 1 is 1.14 bits per heavy atom. The van der Waals surface area contributed by atoms with Crippen LogP contribution in [0.25, 0.3) is 0 Å². The van der Waals surface area contributed by atoms with Crippen LogP contribution in [0.5, 0.6) is 0 Å². The van der Waals surface area contributed by atoms with Crippen LogP contribution in [0.1, 0.15) is 80.3 Å². The first-order valence-electron chi connectivity index (χ1n) is 11.5. The quantitative estimate of drug-likeness (QED) is 0.220. The number of nitrogens with one attached hydrogen (secondary N) is 2. The molecule has 1 amide bonds. The molecule has 0 atom stereocenters. The Labute approximate surface area is 175 Å². The van der Waals surface area contributed by atoms with Crippen molar-refractivity contribution in [2.24, 2.45) is 0 Å². The molecule has 0 bridgehead atoms. The van der Waals surface area contributed by atoms with Crippen molar-refractivity contribution in [3.8, 4) is 0 Å². The predicted molar refractivity (Wildman–Crippen MR) is 108 cm³/mol. The molecule has 29 heavy (non-hydrogen) atoms. The molecule has 1 heterocycles. The average molecular weight is 415 g/mol. The summed E-state index contributed by atoms with van der Waals surface area (Å²) in [4.78, 5) is 35.6. The number of guanidine groups is 1. The van der Waals surface area contributed by atoms with Gasteiger partial charge in [0.2, 0.25) is 5.91 Å². The zero-order valence-corrected chi connectivity index (χ0v) is 17.2. The second-order valence-corrected chi connectivity index (χ2v) is 6.80. The lowest BCUT2D eigenvalue weighted by Crippen LogP contribution is -2.43. The molecule has 0 unspecified atom stereocenters. The number of hydrogen-bond donors (Lipinski definition) is 2. The molecule has 9 nitrogen and oxygen atoms in total. The minimum atomic E-state index is -2.85. The van der Waals surface area contributed by atoms with Crippen molar-refractivity contribution in [2.75, 3.05) is 13.5 Å². The van der Waals surface area contributed by atoms with Crippen LogP contribution in [0.4, 0.5) is 0 Å². The maximum absolute atomic E-state index is 12.1. The van der Waals surface area contributed by atoms with Crippen LogP contribution in [-0.2, 0) is 20.9 Å². The van der Waals surface area contributed by atoms with Crippen LogP contribution >= 0.6 is 0 Å². The number of esters is 1. The second kappa shape index (κ2) is 13.6. The molecule has 0 radical (unpaired) electrons. The molecule has 2 N–H and O–H groups in total. The van der Waals surface area contributed by atoms with E-state index in [9.17, 15) is 14.4 Å². The molecular weight excluding hydrogens is 378 g/mol. The van der Waals surface area contributed by atoms with Crippen LogP contribution in [0.2, 0.25) is 0 Å². The Hall–Kier alpha value is -2.58. The molecule has 0 fully saturated rings. The Bertz CT molecular complexity index is 803. The SMILES string of the molecule is [2H]C([2H])([2H])N(CC(=O)OCc1oc(=O)oc1C)C(=N)NC(=O)CCCCCCCCCC. The van der Waals surface area contributed by atoms with E-state index in [4.69, 9.17) is 18.7 Å². The van der Waals surface area contributed by atoms with E-state index in [0.29, 0.717) is 11.3 Å². The number of unbranched alkanes of at least 4 members (excludes halogenated alkanes) is 7. The summed E-state index contributed by atoms with van der Waals surface area (Å²) < 4.78 is 36.8. The van der Waals surface area contributed by atoms with E-state index >= 15 is 0 Å². The van der Waals surface area contributed by atoms with E-state index in [-0.39, 0.29) is 17.9 Å². The molecule has 0 spiro atoms. The fraction of sp³-hybridized carbons (Fsp3) is 0.700. The summed E-state index contributed by atoms with van der Waals surface area (Å²) in [5.74, 6) is -2.99. The third-order valence-electron chi connectivity index (χ3n) is 4.27. The van der Waals surface area contributed by atoms with Gasteiger partial charge in [-0.25, -0.2) is 4.79 Å². The molecule has 0 aliphatic rings. The highest BCUT2D eigenvalue weighted by Gasteiger charge is 2.15. The topological polar surface area (TPSA) is 126 Å². The van der Waals surface area contributed by atoms with Gasteiger partial charge in [0.15, 0.2) is 24.1 Å². The zero-order valence-electron chi connectivity index (χ0n) is 20.2. The summed E-state index contributed by atoms with van der Waals surface area (Å²) in [5.41, 5.74) is 0.